The molecule has 2 amide bonds. The first kappa shape index (κ1) is 13.4. The maximum atomic E-state index is 12.3. The number of carbonyl (C=O) groups is 2. The number of carboxylic acids is 1. The van der Waals surface area contributed by atoms with Gasteiger partial charge in [0.25, 0.3) is 0 Å². The van der Waals surface area contributed by atoms with Crippen LogP contribution in [0.2, 0.25) is 0 Å². The summed E-state index contributed by atoms with van der Waals surface area (Å²) in [7, 11) is 0. The molecule has 0 spiro atoms. The minimum Gasteiger partial charge on any atom is -0.480 e. The predicted octanol–water partition coefficient (Wildman–Crippen LogP) is 2.32. The normalized spacial score (nSPS) is 17.9. The zero-order valence-electron chi connectivity index (χ0n) is 11.3. The number of fused-ring (bicyclic) bond motifs is 1. The number of rotatable bonds is 2. The highest BCUT2D eigenvalue weighted by Crippen LogP contribution is 2.24. The van der Waals surface area contributed by atoms with Gasteiger partial charge in [0.15, 0.2) is 0 Å². The standard InChI is InChI=1S/C15H15N3O3/c19-14(20)13-5-2-8-18(13)15(21)17-12-4-1-3-10-6-7-16-9-11(10)12/h1,3-4,6-7,9,13H,2,5,8H2,(H,17,21)(H,19,20)/t13-/m1/s1. The second-order valence-corrected chi connectivity index (χ2v) is 5.02. The lowest BCUT2D eigenvalue weighted by molar-refractivity contribution is -0.141. The molecule has 0 radical (unpaired) electrons. The number of pyridine rings is 1. The van der Waals surface area contributed by atoms with E-state index in [0.29, 0.717) is 25.1 Å². The van der Waals surface area contributed by atoms with Gasteiger partial charge >= 0.3 is 12.0 Å². The average molecular weight is 285 g/mol. The molecule has 3 rings (SSSR count). The van der Waals surface area contributed by atoms with E-state index in [-0.39, 0.29) is 6.03 Å². The van der Waals surface area contributed by atoms with E-state index in [4.69, 9.17) is 5.11 Å². The van der Waals surface area contributed by atoms with Crippen LogP contribution < -0.4 is 5.32 Å². The molecule has 1 aromatic heterocycles. The smallest absolute Gasteiger partial charge is 0.326 e. The van der Waals surface area contributed by atoms with Crippen molar-refractivity contribution in [3.8, 4) is 0 Å². The lowest BCUT2D eigenvalue weighted by Crippen LogP contribution is -2.42. The van der Waals surface area contributed by atoms with Crippen LogP contribution in [0.5, 0.6) is 0 Å². The van der Waals surface area contributed by atoms with Crippen molar-refractivity contribution in [1.82, 2.24) is 9.88 Å². The number of urea groups is 1. The Balaban J connectivity index is 1.85. The molecule has 2 heterocycles. The highest BCUT2D eigenvalue weighted by Gasteiger charge is 2.34. The Hall–Kier alpha value is -2.63. The number of nitrogens with zero attached hydrogens (tertiary/aromatic N) is 2. The summed E-state index contributed by atoms with van der Waals surface area (Å²) in [6.07, 6.45) is 4.58. The number of nitrogens with one attached hydrogen (secondary N) is 1. The van der Waals surface area contributed by atoms with Crippen LogP contribution in [0.1, 0.15) is 12.8 Å². The maximum absolute atomic E-state index is 12.3. The monoisotopic (exact) mass is 285 g/mol. The molecule has 1 aromatic carbocycles. The molecule has 0 unspecified atom stereocenters. The van der Waals surface area contributed by atoms with Crippen molar-refractivity contribution in [3.05, 3.63) is 36.7 Å². The van der Waals surface area contributed by atoms with E-state index in [1.165, 1.54) is 4.90 Å². The van der Waals surface area contributed by atoms with Crippen LogP contribution in [0.25, 0.3) is 10.8 Å². The van der Waals surface area contributed by atoms with Gasteiger partial charge in [-0.25, -0.2) is 9.59 Å². The Morgan fingerprint density at radius 3 is 3.00 bits per heavy atom. The maximum Gasteiger partial charge on any atom is 0.326 e. The van der Waals surface area contributed by atoms with Gasteiger partial charge in [-0.1, -0.05) is 12.1 Å². The summed E-state index contributed by atoms with van der Waals surface area (Å²) in [5.41, 5.74) is 0.640. The summed E-state index contributed by atoms with van der Waals surface area (Å²) in [4.78, 5) is 28.9. The van der Waals surface area contributed by atoms with Gasteiger partial charge in [0.2, 0.25) is 0 Å². The van der Waals surface area contributed by atoms with Crippen LogP contribution in [0, 0.1) is 0 Å². The van der Waals surface area contributed by atoms with Gasteiger partial charge in [-0.15, -0.1) is 0 Å². The third-order valence-electron chi connectivity index (χ3n) is 3.72. The van der Waals surface area contributed by atoms with Crippen molar-refractivity contribution in [3.63, 3.8) is 0 Å². The van der Waals surface area contributed by atoms with E-state index >= 15 is 0 Å². The number of hydrogen-bond donors (Lipinski definition) is 2. The first-order valence-electron chi connectivity index (χ1n) is 6.80. The van der Waals surface area contributed by atoms with Crippen LogP contribution in [0.3, 0.4) is 0 Å². The third kappa shape index (κ3) is 2.52. The molecule has 21 heavy (non-hydrogen) atoms. The van der Waals surface area contributed by atoms with Gasteiger partial charge in [-0.3, -0.25) is 4.98 Å². The van der Waals surface area contributed by atoms with Crippen molar-refractivity contribution in [2.45, 2.75) is 18.9 Å². The van der Waals surface area contributed by atoms with E-state index < -0.39 is 12.0 Å². The van der Waals surface area contributed by atoms with Gasteiger partial charge in [0, 0.05) is 24.3 Å². The fourth-order valence-electron chi connectivity index (χ4n) is 2.68. The minimum absolute atomic E-state index is 0.378. The zero-order chi connectivity index (χ0) is 14.8. The fourth-order valence-corrected chi connectivity index (χ4v) is 2.68. The van der Waals surface area contributed by atoms with Crippen LogP contribution in [0.4, 0.5) is 10.5 Å². The molecule has 2 aromatic rings. The second kappa shape index (κ2) is 5.40. The minimum atomic E-state index is -0.956. The van der Waals surface area contributed by atoms with Crippen molar-refractivity contribution in [1.29, 1.82) is 0 Å². The van der Waals surface area contributed by atoms with Gasteiger partial charge in [0.1, 0.15) is 6.04 Å². The lowest BCUT2D eigenvalue weighted by Gasteiger charge is -2.22. The van der Waals surface area contributed by atoms with Crippen LogP contribution >= 0.6 is 0 Å². The number of hydrogen-bond acceptors (Lipinski definition) is 3. The molecular weight excluding hydrogens is 270 g/mol. The van der Waals surface area contributed by atoms with Gasteiger partial charge < -0.3 is 15.3 Å². The van der Waals surface area contributed by atoms with E-state index in [1.54, 1.807) is 18.5 Å². The number of aromatic nitrogens is 1. The van der Waals surface area contributed by atoms with E-state index in [1.807, 2.05) is 18.2 Å². The number of amides is 2. The molecule has 0 aliphatic carbocycles. The molecule has 1 saturated heterocycles. The van der Waals surface area contributed by atoms with Crippen LogP contribution in [-0.4, -0.2) is 39.6 Å². The number of carboxylic acid groups (broad SMARTS) is 1. The quantitative estimate of drug-likeness (QED) is 0.887. The van der Waals surface area contributed by atoms with E-state index in [0.717, 1.165) is 10.8 Å². The molecule has 1 aliphatic heterocycles. The molecule has 1 atom stereocenters. The van der Waals surface area contributed by atoms with Gasteiger partial charge in [-0.05, 0) is 30.4 Å². The first-order chi connectivity index (χ1) is 10.2. The van der Waals surface area contributed by atoms with Crippen molar-refractivity contribution in [2.75, 3.05) is 11.9 Å². The molecule has 1 fully saturated rings. The molecule has 108 valence electrons. The summed E-state index contributed by atoms with van der Waals surface area (Å²) < 4.78 is 0. The highest BCUT2D eigenvalue weighted by atomic mass is 16.4. The summed E-state index contributed by atoms with van der Waals surface area (Å²) in [5, 5.41) is 13.7. The van der Waals surface area contributed by atoms with Crippen molar-refractivity contribution in [2.24, 2.45) is 0 Å². The Morgan fingerprint density at radius 2 is 2.19 bits per heavy atom. The number of carbonyl (C=O) groups excluding carboxylic acids is 1. The topological polar surface area (TPSA) is 82.5 Å². The van der Waals surface area contributed by atoms with E-state index in [9.17, 15) is 9.59 Å². The average Bonchev–Trinajstić information content (AvgIpc) is 2.97. The Bertz CT molecular complexity index is 696. The highest BCUT2D eigenvalue weighted by molar-refractivity contribution is 6.02. The third-order valence-corrected chi connectivity index (χ3v) is 3.72. The zero-order valence-corrected chi connectivity index (χ0v) is 11.3. The van der Waals surface area contributed by atoms with Crippen LogP contribution in [-0.2, 0) is 4.79 Å². The number of likely N-dealkylation sites (tertiary alicyclic amines) is 1. The number of aliphatic carboxylic acids is 1. The summed E-state index contributed by atoms with van der Waals surface area (Å²) in [6, 6.07) is 6.31. The van der Waals surface area contributed by atoms with E-state index in [2.05, 4.69) is 10.3 Å². The van der Waals surface area contributed by atoms with Gasteiger partial charge in [0.05, 0.1) is 5.69 Å². The SMILES string of the molecule is O=C(O)[C@H]1CCCN1C(=O)Nc1cccc2ccncc12. The molecule has 0 saturated carbocycles. The summed E-state index contributed by atoms with van der Waals surface area (Å²) >= 11 is 0. The molecule has 2 N–H and O–H groups in total. The Labute approximate surface area is 121 Å². The number of benzene rings is 1. The van der Waals surface area contributed by atoms with Gasteiger partial charge in [-0.2, -0.15) is 0 Å². The largest absolute Gasteiger partial charge is 0.480 e. The second-order valence-electron chi connectivity index (χ2n) is 5.02. The Morgan fingerprint density at radius 1 is 1.33 bits per heavy atom. The van der Waals surface area contributed by atoms with Crippen LogP contribution in [0.15, 0.2) is 36.7 Å². The first-order valence-corrected chi connectivity index (χ1v) is 6.80. The Kier molecular flexibility index (Phi) is 3.43. The lowest BCUT2D eigenvalue weighted by atomic mass is 10.1. The molecule has 6 heteroatoms. The van der Waals surface area contributed by atoms with Crippen molar-refractivity contribution < 1.29 is 14.7 Å². The molecular formula is C15H15N3O3. The predicted molar refractivity (Wildman–Crippen MR) is 78.1 cm³/mol. The molecule has 1 aliphatic rings. The summed E-state index contributed by atoms with van der Waals surface area (Å²) in [5.74, 6) is -0.956. The summed E-state index contributed by atoms with van der Waals surface area (Å²) in [6.45, 7) is 0.464. The molecule has 0 bridgehead atoms. The number of anilines is 1. The molecule has 6 nitrogen and oxygen atoms in total. The fraction of sp³-hybridized carbons (Fsp3) is 0.267. The van der Waals surface area contributed by atoms with Crippen molar-refractivity contribution >= 4 is 28.5 Å².